The van der Waals surface area contributed by atoms with Crippen molar-refractivity contribution in [3.63, 3.8) is 0 Å². The summed E-state index contributed by atoms with van der Waals surface area (Å²) in [5.74, 6) is -0.598. The van der Waals surface area contributed by atoms with Crippen molar-refractivity contribution in [2.24, 2.45) is 15.3 Å². The zero-order chi connectivity index (χ0) is 17.4. The van der Waals surface area contributed by atoms with Gasteiger partial charge in [-0.15, -0.1) is 15.3 Å². The normalized spacial score (nSPS) is 11.8. The van der Waals surface area contributed by atoms with Crippen molar-refractivity contribution in [3.05, 3.63) is 53.7 Å². The molecular formula is C16H16ClN5O2. The first-order valence-corrected chi connectivity index (χ1v) is 7.56. The molecule has 0 amide bonds. The molecule has 2 aromatic rings. The summed E-state index contributed by atoms with van der Waals surface area (Å²) < 4.78 is 5.10. The van der Waals surface area contributed by atoms with Crippen molar-refractivity contribution < 1.29 is 9.53 Å². The standard InChI is InChI=1S/C16H16ClN5O2/c1-11(2)24-16(23)15(22-20-14-9-5-6-10-18-14)21-19-13-8-4-3-7-12(13)17/h3-11,19H,1-2H3. The summed E-state index contributed by atoms with van der Waals surface area (Å²) in [6, 6.07) is 12.1. The molecule has 0 fully saturated rings. The number of nitrogens with zero attached hydrogens (tertiary/aromatic N) is 4. The van der Waals surface area contributed by atoms with Crippen LogP contribution in [0.1, 0.15) is 13.8 Å². The van der Waals surface area contributed by atoms with Gasteiger partial charge in [-0.2, -0.15) is 0 Å². The second-order valence-electron chi connectivity index (χ2n) is 4.87. The van der Waals surface area contributed by atoms with Gasteiger partial charge < -0.3 is 4.74 Å². The van der Waals surface area contributed by atoms with E-state index in [4.69, 9.17) is 16.3 Å². The number of hydrogen-bond acceptors (Lipinski definition) is 6. The van der Waals surface area contributed by atoms with Gasteiger partial charge in [-0.25, -0.2) is 9.78 Å². The highest BCUT2D eigenvalue weighted by atomic mass is 35.5. The average molecular weight is 346 g/mol. The molecule has 124 valence electrons. The molecular weight excluding hydrogens is 330 g/mol. The maximum absolute atomic E-state index is 12.1. The van der Waals surface area contributed by atoms with Gasteiger partial charge in [0.15, 0.2) is 5.82 Å². The summed E-state index contributed by atoms with van der Waals surface area (Å²) >= 11 is 6.03. The Labute approximate surface area is 144 Å². The van der Waals surface area contributed by atoms with E-state index in [0.29, 0.717) is 16.5 Å². The Kier molecular flexibility index (Phi) is 6.39. The number of ether oxygens (including phenoxy) is 1. The van der Waals surface area contributed by atoms with E-state index in [0.717, 1.165) is 0 Å². The third-order valence-electron chi connectivity index (χ3n) is 2.58. The number of carbonyl (C=O) groups is 1. The lowest BCUT2D eigenvalue weighted by Crippen LogP contribution is -2.20. The van der Waals surface area contributed by atoms with E-state index >= 15 is 0 Å². The topological polar surface area (TPSA) is 88.3 Å². The SMILES string of the molecule is CC(C)OC(=O)C(N=Nc1ccccn1)=NNc1ccccc1Cl. The van der Waals surface area contributed by atoms with E-state index in [9.17, 15) is 4.79 Å². The molecule has 1 aromatic heterocycles. The smallest absolute Gasteiger partial charge is 0.380 e. The van der Waals surface area contributed by atoms with Gasteiger partial charge in [-0.1, -0.05) is 29.8 Å². The fraction of sp³-hybridized carbons (Fsp3) is 0.188. The van der Waals surface area contributed by atoms with Gasteiger partial charge in [0.25, 0.3) is 5.84 Å². The summed E-state index contributed by atoms with van der Waals surface area (Å²) in [6.45, 7) is 3.46. The Hall–Kier alpha value is -2.80. The molecule has 1 N–H and O–H groups in total. The van der Waals surface area contributed by atoms with Crippen LogP contribution in [0.4, 0.5) is 11.5 Å². The highest BCUT2D eigenvalue weighted by molar-refractivity contribution is 6.36. The van der Waals surface area contributed by atoms with Crippen LogP contribution in [0.15, 0.2) is 64.0 Å². The van der Waals surface area contributed by atoms with E-state index < -0.39 is 5.97 Å². The molecule has 0 spiro atoms. The third kappa shape index (κ3) is 5.44. The van der Waals surface area contributed by atoms with Crippen molar-refractivity contribution in [1.82, 2.24) is 4.98 Å². The number of hydrazone groups is 1. The fourth-order valence-corrected chi connectivity index (χ4v) is 1.73. The van der Waals surface area contributed by atoms with E-state index in [1.54, 1.807) is 62.5 Å². The first-order chi connectivity index (χ1) is 11.6. The number of hydrogen-bond donors (Lipinski definition) is 1. The summed E-state index contributed by atoms with van der Waals surface area (Å²) in [4.78, 5) is 16.1. The van der Waals surface area contributed by atoms with Crippen LogP contribution in [0.3, 0.4) is 0 Å². The molecule has 0 atom stereocenters. The van der Waals surface area contributed by atoms with Gasteiger partial charge in [0.1, 0.15) is 0 Å². The van der Waals surface area contributed by atoms with Gasteiger partial charge in [-0.3, -0.25) is 5.43 Å². The molecule has 0 bridgehead atoms. The van der Waals surface area contributed by atoms with Crippen LogP contribution >= 0.6 is 11.6 Å². The number of rotatable bonds is 4. The van der Waals surface area contributed by atoms with Crippen LogP contribution in [0, 0.1) is 0 Å². The Balaban J connectivity index is 2.22. The maximum Gasteiger partial charge on any atom is 0.380 e. The number of carbonyl (C=O) groups excluding carboxylic acids is 1. The minimum atomic E-state index is -0.704. The average Bonchev–Trinajstić information content (AvgIpc) is 2.56. The van der Waals surface area contributed by atoms with E-state index in [1.807, 2.05) is 0 Å². The van der Waals surface area contributed by atoms with Gasteiger partial charge in [0.2, 0.25) is 0 Å². The number of aromatic nitrogens is 1. The number of para-hydroxylation sites is 1. The van der Waals surface area contributed by atoms with Crippen molar-refractivity contribution in [3.8, 4) is 0 Å². The number of nitrogens with one attached hydrogen (secondary N) is 1. The number of esters is 1. The molecule has 2 rings (SSSR count). The van der Waals surface area contributed by atoms with Gasteiger partial charge in [-0.05, 0) is 38.1 Å². The van der Waals surface area contributed by atoms with Crippen LogP contribution in [0.25, 0.3) is 0 Å². The van der Waals surface area contributed by atoms with Crippen molar-refractivity contribution in [2.45, 2.75) is 20.0 Å². The molecule has 24 heavy (non-hydrogen) atoms. The molecule has 1 heterocycles. The third-order valence-corrected chi connectivity index (χ3v) is 2.91. The lowest BCUT2D eigenvalue weighted by atomic mass is 10.3. The minimum absolute atomic E-state index is 0.241. The predicted octanol–water partition coefficient (Wildman–Crippen LogP) is 4.20. The zero-order valence-corrected chi connectivity index (χ0v) is 13.9. The van der Waals surface area contributed by atoms with E-state index in [-0.39, 0.29) is 11.9 Å². The number of anilines is 1. The summed E-state index contributed by atoms with van der Waals surface area (Å²) in [5.41, 5.74) is 3.21. The second-order valence-corrected chi connectivity index (χ2v) is 5.28. The molecule has 1 aromatic carbocycles. The first-order valence-electron chi connectivity index (χ1n) is 7.18. The molecule has 0 saturated heterocycles. The molecule has 0 aliphatic rings. The predicted molar refractivity (Wildman–Crippen MR) is 92.5 cm³/mol. The number of benzene rings is 1. The lowest BCUT2D eigenvalue weighted by molar-refractivity contribution is -0.139. The molecule has 7 nitrogen and oxygen atoms in total. The zero-order valence-electron chi connectivity index (χ0n) is 13.2. The maximum atomic E-state index is 12.1. The van der Waals surface area contributed by atoms with Crippen LogP contribution in [-0.4, -0.2) is 22.9 Å². The summed E-state index contributed by atoms with van der Waals surface area (Å²) in [5, 5.41) is 12.1. The number of halogens is 1. The molecule has 0 saturated carbocycles. The van der Waals surface area contributed by atoms with E-state index in [2.05, 4.69) is 25.7 Å². The number of pyridine rings is 1. The Morgan fingerprint density at radius 3 is 2.62 bits per heavy atom. The molecule has 0 aliphatic carbocycles. The van der Waals surface area contributed by atoms with Gasteiger partial charge in [0, 0.05) is 6.20 Å². The summed E-state index contributed by atoms with van der Waals surface area (Å²) in [6.07, 6.45) is 1.26. The lowest BCUT2D eigenvalue weighted by Gasteiger charge is -2.07. The van der Waals surface area contributed by atoms with Gasteiger partial charge in [0.05, 0.1) is 16.8 Å². The highest BCUT2D eigenvalue weighted by Crippen LogP contribution is 2.20. The van der Waals surface area contributed by atoms with E-state index in [1.165, 1.54) is 0 Å². The van der Waals surface area contributed by atoms with Crippen molar-refractivity contribution in [2.75, 3.05) is 5.43 Å². The number of amidine groups is 1. The minimum Gasteiger partial charge on any atom is -0.457 e. The molecule has 0 aliphatic heterocycles. The van der Waals surface area contributed by atoms with Crippen LogP contribution in [-0.2, 0) is 9.53 Å². The highest BCUT2D eigenvalue weighted by Gasteiger charge is 2.15. The molecule has 0 radical (unpaired) electrons. The Morgan fingerprint density at radius 2 is 1.96 bits per heavy atom. The van der Waals surface area contributed by atoms with Crippen LogP contribution in [0.5, 0.6) is 0 Å². The monoisotopic (exact) mass is 345 g/mol. The van der Waals surface area contributed by atoms with Crippen LogP contribution in [0.2, 0.25) is 5.02 Å². The second kappa shape index (κ2) is 8.73. The fourth-order valence-electron chi connectivity index (χ4n) is 1.55. The van der Waals surface area contributed by atoms with Gasteiger partial charge >= 0.3 is 5.97 Å². The van der Waals surface area contributed by atoms with Crippen molar-refractivity contribution >= 4 is 34.9 Å². The first kappa shape index (κ1) is 17.6. The van der Waals surface area contributed by atoms with Crippen molar-refractivity contribution in [1.29, 1.82) is 0 Å². The summed E-state index contributed by atoms with van der Waals surface area (Å²) in [7, 11) is 0. The largest absolute Gasteiger partial charge is 0.457 e. The molecule has 8 heteroatoms. The molecule has 0 unspecified atom stereocenters. The quantitative estimate of drug-likeness (QED) is 0.296. The Morgan fingerprint density at radius 1 is 1.21 bits per heavy atom. The number of azo groups is 1. The Bertz CT molecular complexity index is 747. The van der Waals surface area contributed by atoms with Crippen LogP contribution < -0.4 is 5.43 Å².